The second kappa shape index (κ2) is 9.20. The monoisotopic (exact) mass is 452 g/mol. The van der Waals surface area contributed by atoms with Crippen LogP contribution >= 0.6 is 0 Å². The van der Waals surface area contributed by atoms with Crippen molar-refractivity contribution in [3.05, 3.63) is 78.4 Å². The molecule has 2 aromatic heterocycles. The van der Waals surface area contributed by atoms with Gasteiger partial charge in [-0.15, -0.1) is 0 Å². The maximum Gasteiger partial charge on any atom is 0.0955 e. The third-order valence-electron chi connectivity index (χ3n) is 7.42. The van der Waals surface area contributed by atoms with E-state index >= 15 is 0 Å². The fourth-order valence-corrected chi connectivity index (χ4v) is 5.26. The number of nitrogens with zero attached hydrogens (tertiary/aromatic N) is 5. The van der Waals surface area contributed by atoms with Crippen LogP contribution in [0.15, 0.2) is 67.3 Å². The van der Waals surface area contributed by atoms with E-state index in [1.54, 1.807) is 0 Å². The van der Waals surface area contributed by atoms with Crippen LogP contribution in [0.3, 0.4) is 0 Å². The van der Waals surface area contributed by atoms with Crippen LogP contribution in [-0.2, 0) is 20.0 Å². The minimum Gasteiger partial charge on any atom is -0.382 e. The molecule has 4 heterocycles. The predicted molar refractivity (Wildman–Crippen MR) is 138 cm³/mol. The summed E-state index contributed by atoms with van der Waals surface area (Å²) >= 11 is 0. The molecule has 4 aromatic rings. The summed E-state index contributed by atoms with van der Waals surface area (Å²) in [6, 6.07) is 18.0. The number of aryl methyl sites for hydroxylation is 1. The van der Waals surface area contributed by atoms with Gasteiger partial charge in [-0.1, -0.05) is 30.3 Å². The fraction of sp³-hybridized carbons (Fsp3) is 0.357. The topological polar surface area (TPSA) is 49.2 Å². The highest BCUT2D eigenvalue weighted by atomic mass is 15.3. The summed E-state index contributed by atoms with van der Waals surface area (Å²) in [5, 5.41) is 3.71. The number of hydrogen-bond donors (Lipinski definition) is 1. The normalized spacial score (nSPS) is 17.3. The first-order valence-corrected chi connectivity index (χ1v) is 12.4. The van der Waals surface area contributed by atoms with E-state index < -0.39 is 0 Å². The molecule has 0 radical (unpaired) electrons. The lowest BCUT2D eigenvalue weighted by Gasteiger charge is -2.42. The van der Waals surface area contributed by atoms with Crippen LogP contribution in [-0.4, -0.2) is 63.1 Å². The Morgan fingerprint density at radius 1 is 0.971 bits per heavy atom. The number of anilines is 1. The highest BCUT2D eigenvalue weighted by molar-refractivity contribution is 5.82. The lowest BCUT2D eigenvalue weighted by molar-refractivity contribution is 0.0863. The van der Waals surface area contributed by atoms with E-state index in [9.17, 15) is 0 Å². The van der Waals surface area contributed by atoms with Crippen molar-refractivity contribution in [1.29, 1.82) is 0 Å². The molecule has 0 aliphatic carbocycles. The summed E-state index contributed by atoms with van der Waals surface area (Å²) in [6.45, 7) is 6.66. The number of pyridine rings is 1. The SMILES string of the molecule is Cn1cnc2ccc(-c3cncc(NCC(CN4CCc5ccccc5C4)N4CCC4)c3)cc21. The van der Waals surface area contributed by atoms with Crippen molar-refractivity contribution in [2.45, 2.75) is 25.4 Å². The summed E-state index contributed by atoms with van der Waals surface area (Å²) in [5.41, 5.74) is 8.54. The molecule has 1 unspecified atom stereocenters. The molecule has 174 valence electrons. The Balaban J connectivity index is 1.15. The second-order valence-electron chi connectivity index (χ2n) is 9.70. The first-order chi connectivity index (χ1) is 16.7. The highest BCUT2D eigenvalue weighted by Crippen LogP contribution is 2.26. The number of rotatable bonds is 7. The van der Waals surface area contributed by atoms with Crippen LogP contribution in [0.25, 0.3) is 22.2 Å². The quantitative estimate of drug-likeness (QED) is 0.456. The van der Waals surface area contributed by atoms with E-state index in [0.29, 0.717) is 6.04 Å². The lowest BCUT2D eigenvalue weighted by atomic mass is 9.99. The lowest BCUT2D eigenvalue weighted by Crippen LogP contribution is -2.53. The zero-order valence-corrected chi connectivity index (χ0v) is 19.8. The summed E-state index contributed by atoms with van der Waals surface area (Å²) in [7, 11) is 2.03. The van der Waals surface area contributed by atoms with E-state index in [4.69, 9.17) is 0 Å². The Morgan fingerprint density at radius 3 is 2.71 bits per heavy atom. The molecular weight excluding hydrogens is 420 g/mol. The van der Waals surface area contributed by atoms with Crippen molar-refractivity contribution in [1.82, 2.24) is 24.3 Å². The zero-order valence-electron chi connectivity index (χ0n) is 19.8. The van der Waals surface area contributed by atoms with E-state index in [1.807, 2.05) is 25.8 Å². The minimum atomic E-state index is 0.508. The summed E-state index contributed by atoms with van der Waals surface area (Å²) in [6.07, 6.45) is 8.22. The van der Waals surface area contributed by atoms with Crippen molar-refractivity contribution < 1.29 is 0 Å². The van der Waals surface area contributed by atoms with Crippen molar-refractivity contribution in [2.75, 3.05) is 38.0 Å². The molecular formula is C28H32N6. The molecule has 2 aromatic carbocycles. The second-order valence-corrected chi connectivity index (χ2v) is 9.70. The van der Waals surface area contributed by atoms with Crippen LogP contribution in [0.1, 0.15) is 17.5 Å². The summed E-state index contributed by atoms with van der Waals surface area (Å²) in [4.78, 5) is 14.2. The molecule has 0 bridgehead atoms. The van der Waals surface area contributed by atoms with Gasteiger partial charge in [-0.3, -0.25) is 14.8 Å². The number of imidazole rings is 1. The van der Waals surface area contributed by atoms with Gasteiger partial charge in [0.15, 0.2) is 0 Å². The molecule has 1 saturated heterocycles. The molecule has 1 fully saturated rings. The van der Waals surface area contributed by atoms with Crippen molar-refractivity contribution in [3.63, 3.8) is 0 Å². The molecule has 6 nitrogen and oxygen atoms in total. The minimum absolute atomic E-state index is 0.508. The number of likely N-dealkylation sites (tertiary alicyclic amines) is 1. The molecule has 0 amide bonds. The van der Waals surface area contributed by atoms with Gasteiger partial charge >= 0.3 is 0 Å². The molecule has 2 aliphatic heterocycles. The molecule has 0 spiro atoms. The van der Waals surface area contributed by atoms with E-state index in [0.717, 1.165) is 54.9 Å². The van der Waals surface area contributed by atoms with Crippen LogP contribution in [0.2, 0.25) is 0 Å². The van der Waals surface area contributed by atoms with Gasteiger partial charge in [0.25, 0.3) is 0 Å². The highest BCUT2D eigenvalue weighted by Gasteiger charge is 2.27. The molecule has 6 heteroatoms. The van der Waals surface area contributed by atoms with Gasteiger partial charge in [-0.25, -0.2) is 4.98 Å². The van der Waals surface area contributed by atoms with Gasteiger partial charge in [0, 0.05) is 57.2 Å². The van der Waals surface area contributed by atoms with Crippen molar-refractivity contribution in [3.8, 4) is 11.1 Å². The van der Waals surface area contributed by atoms with Crippen LogP contribution < -0.4 is 5.32 Å². The number of fused-ring (bicyclic) bond motifs is 2. The number of aromatic nitrogens is 3. The Morgan fingerprint density at radius 2 is 1.85 bits per heavy atom. The average Bonchev–Trinajstić information content (AvgIpc) is 3.21. The van der Waals surface area contributed by atoms with Crippen molar-refractivity contribution >= 4 is 16.7 Å². The molecule has 2 aliphatic rings. The number of hydrogen-bond acceptors (Lipinski definition) is 5. The predicted octanol–water partition coefficient (Wildman–Crippen LogP) is 4.18. The van der Waals surface area contributed by atoms with Crippen molar-refractivity contribution in [2.24, 2.45) is 7.05 Å². The fourth-order valence-electron chi connectivity index (χ4n) is 5.26. The molecule has 34 heavy (non-hydrogen) atoms. The molecule has 0 saturated carbocycles. The Labute approximate surface area is 201 Å². The van der Waals surface area contributed by atoms with E-state index in [-0.39, 0.29) is 0 Å². The third-order valence-corrected chi connectivity index (χ3v) is 7.42. The van der Waals surface area contributed by atoms with Crippen LogP contribution in [0.5, 0.6) is 0 Å². The van der Waals surface area contributed by atoms with Gasteiger partial charge in [-0.2, -0.15) is 0 Å². The van der Waals surface area contributed by atoms with Gasteiger partial charge in [0.2, 0.25) is 0 Å². The average molecular weight is 453 g/mol. The molecule has 6 rings (SSSR count). The smallest absolute Gasteiger partial charge is 0.0955 e. The van der Waals surface area contributed by atoms with Crippen LogP contribution in [0.4, 0.5) is 5.69 Å². The maximum absolute atomic E-state index is 4.54. The zero-order chi connectivity index (χ0) is 22.9. The molecule has 1 atom stereocenters. The number of nitrogens with one attached hydrogen (secondary N) is 1. The van der Waals surface area contributed by atoms with Gasteiger partial charge in [-0.05, 0) is 60.8 Å². The van der Waals surface area contributed by atoms with Gasteiger partial charge in [0.05, 0.1) is 23.0 Å². The third kappa shape index (κ3) is 4.31. The Bertz CT molecular complexity index is 1290. The standard InChI is InChI=1S/C28H32N6/c1-32-20-31-27-8-7-22(14-28(27)32)24-13-25(16-29-15-24)30-17-26(34-10-4-11-34)19-33-12-9-21-5-2-3-6-23(21)18-33/h2-3,5-8,13-16,20,26,30H,4,9-12,17-19H2,1H3. The van der Waals surface area contributed by atoms with E-state index in [2.05, 4.69) is 78.2 Å². The maximum atomic E-state index is 4.54. The summed E-state index contributed by atoms with van der Waals surface area (Å²) < 4.78 is 2.06. The largest absolute Gasteiger partial charge is 0.382 e. The molecule has 1 N–H and O–H groups in total. The first-order valence-electron chi connectivity index (χ1n) is 12.4. The van der Waals surface area contributed by atoms with Gasteiger partial charge in [0.1, 0.15) is 0 Å². The van der Waals surface area contributed by atoms with E-state index in [1.165, 1.54) is 36.2 Å². The van der Waals surface area contributed by atoms with Crippen LogP contribution in [0, 0.1) is 0 Å². The Kier molecular flexibility index (Phi) is 5.77. The summed E-state index contributed by atoms with van der Waals surface area (Å²) in [5.74, 6) is 0. The Hall–Kier alpha value is -3.22. The first kappa shape index (κ1) is 21.3. The number of benzene rings is 2. The van der Waals surface area contributed by atoms with Gasteiger partial charge < -0.3 is 9.88 Å².